The topological polar surface area (TPSA) is 67.6 Å². The first-order valence-corrected chi connectivity index (χ1v) is 10.7. The molecule has 2 aromatic rings. The van der Waals surface area contributed by atoms with Crippen LogP contribution in [0.4, 0.5) is 0 Å². The van der Waals surface area contributed by atoms with Crippen LogP contribution in [0.2, 0.25) is 0 Å². The maximum atomic E-state index is 5.43. The Kier molecular flexibility index (Phi) is 13.3. The van der Waals surface area contributed by atoms with Gasteiger partial charge < -0.3 is 19.5 Å². The van der Waals surface area contributed by atoms with Gasteiger partial charge in [-0.3, -0.25) is 4.99 Å². The smallest absolute Gasteiger partial charge is 0.194 e. The Morgan fingerprint density at radius 3 is 2.53 bits per heavy atom. The molecule has 30 heavy (non-hydrogen) atoms. The van der Waals surface area contributed by atoms with Gasteiger partial charge in [0, 0.05) is 52.9 Å². The number of aromatic nitrogens is 3. The van der Waals surface area contributed by atoms with Crippen LogP contribution in [0, 0.1) is 0 Å². The number of ether oxygens (including phenoxy) is 1. The van der Waals surface area contributed by atoms with Crippen LogP contribution >= 0.6 is 24.0 Å². The normalized spacial score (nSPS) is 11.3. The average Bonchev–Trinajstić information content (AvgIpc) is 3.20. The average molecular weight is 528 g/mol. The summed E-state index contributed by atoms with van der Waals surface area (Å²) in [7, 11) is 2.08. The number of nitrogens with zero attached hydrogens (tertiary/aromatic N) is 5. The number of rotatable bonds is 12. The van der Waals surface area contributed by atoms with E-state index in [-0.39, 0.29) is 24.0 Å². The molecular formula is C22H37IN6O. The molecule has 168 valence electrons. The van der Waals surface area contributed by atoms with E-state index in [1.54, 1.807) is 6.33 Å². The summed E-state index contributed by atoms with van der Waals surface area (Å²) < 4.78 is 7.51. The first-order chi connectivity index (χ1) is 14.2. The van der Waals surface area contributed by atoms with Crippen LogP contribution in [0.15, 0.2) is 35.6 Å². The summed E-state index contributed by atoms with van der Waals surface area (Å²) >= 11 is 0. The monoisotopic (exact) mass is 528 g/mol. The number of halogens is 1. The minimum Gasteiger partial charge on any atom is -0.382 e. The summed E-state index contributed by atoms with van der Waals surface area (Å²) in [5.74, 6) is 1.92. The maximum Gasteiger partial charge on any atom is 0.194 e. The van der Waals surface area contributed by atoms with E-state index >= 15 is 0 Å². The number of aliphatic imine (C=N–C) groups is 1. The van der Waals surface area contributed by atoms with Gasteiger partial charge in [-0.2, -0.15) is 0 Å². The summed E-state index contributed by atoms with van der Waals surface area (Å²) in [6.45, 7) is 10.9. The van der Waals surface area contributed by atoms with Gasteiger partial charge in [-0.15, -0.1) is 34.2 Å². The molecule has 1 heterocycles. The summed E-state index contributed by atoms with van der Waals surface area (Å²) in [6, 6.07) is 8.81. The number of guanidine groups is 1. The maximum absolute atomic E-state index is 5.43. The van der Waals surface area contributed by atoms with Gasteiger partial charge in [0.05, 0.1) is 0 Å². The fraction of sp³-hybridized carbons (Fsp3) is 0.591. The molecule has 0 spiro atoms. The van der Waals surface area contributed by atoms with Crippen molar-refractivity contribution in [1.82, 2.24) is 25.0 Å². The fourth-order valence-electron chi connectivity index (χ4n) is 3.06. The van der Waals surface area contributed by atoms with Gasteiger partial charge in [0.2, 0.25) is 0 Å². The number of nitrogens with one attached hydrogen (secondary N) is 1. The largest absolute Gasteiger partial charge is 0.382 e. The number of hydrogen-bond donors (Lipinski definition) is 1. The Bertz CT molecular complexity index is 731. The lowest BCUT2D eigenvalue weighted by molar-refractivity contribution is 0.146. The van der Waals surface area contributed by atoms with E-state index in [0.29, 0.717) is 0 Å². The van der Waals surface area contributed by atoms with Gasteiger partial charge in [-0.25, -0.2) is 0 Å². The van der Waals surface area contributed by atoms with E-state index in [1.165, 1.54) is 11.1 Å². The minimum atomic E-state index is 0. The van der Waals surface area contributed by atoms with E-state index in [9.17, 15) is 0 Å². The van der Waals surface area contributed by atoms with Crippen LogP contribution in [0.5, 0.6) is 0 Å². The second-order valence-electron chi connectivity index (χ2n) is 7.00. The van der Waals surface area contributed by atoms with Crippen molar-refractivity contribution < 1.29 is 4.74 Å². The van der Waals surface area contributed by atoms with Crippen LogP contribution in [0.1, 0.15) is 44.1 Å². The molecule has 0 aliphatic heterocycles. The van der Waals surface area contributed by atoms with Crippen molar-refractivity contribution in [3.63, 3.8) is 0 Å². The zero-order chi connectivity index (χ0) is 20.9. The molecule has 0 unspecified atom stereocenters. The lowest BCUT2D eigenvalue weighted by Crippen LogP contribution is -2.40. The molecule has 7 nitrogen and oxygen atoms in total. The molecule has 0 aliphatic carbocycles. The molecule has 0 radical (unpaired) electrons. The summed E-state index contributed by atoms with van der Waals surface area (Å²) in [5, 5.41) is 11.7. The predicted octanol–water partition coefficient (Wildman–Crippen LogP) is 3.53. The lowest BCUT2D eigenvalue weighted by Gasteiger charge is -2.23. The predicted molar refractivity (Wildman–Crippen MR) is 134 cm³/mol. The molecular weight excluding hydrogens is 491 g/mol. The van der Waals surface area contributed by atoms with Crippen LogP contribution < -0.4 is 5.32 Å². The molecule has 2 rings (SSSR count). The molecule has 0 bridgehead atoms. The Morgan fingerprint density at radius 2 is 1.87 bits per heavy atom. The lowest BCUT2D eigenvalue weighted by atomic mass is 10.1. The van der Waals surface area contributed by atoms with Crippen molar-refractivity contribution in [1.29, 1.82) is 0 Å². The van der Waals surface area contributed by atoms with Crippen LogP contribution in [-0.2, 0) is 30.7 Å². The van der Waals surface area contributed by atoms with E-state index < -0.39 is 0 Å². The van der Waals surface area contributed by atoms with E-state index in [2.05, 4.69) is 70.1 Å². The zero-order valence-electron chi connectivity index (χ0n) is 18.8. The summed E-state index contributed by atoms with van der Waals surface area (Å²) in [6.07, 6.45) is 4.65. The molecule has 1 N–H and O–H groups in total. The first kappa shape index (κ1) is 26.4. The molecule has 1 aromatic heterocycles. The highest BCUT2D eigenvalue weighted by Crippen LogP contribution is 2.08. The molecule has 0 saturated heterocycles. The highest BCUT2D eigenvalue weighted by molar-refractivity contribution is 14.0. The molecule has 0 aliphatic rings. The van der Waals surface area contributed by atoms with Crippen LogP contribution in [0.25, 0.3) is 0 Å². The van der Waals surface area contributed by atoms with Crippen molar-refractivity contribution in [3.05, 3.63) is 47.5 Å². The van der Waals surface area contributed by atoms with Crippen molar-refractivity contribution in [2.75, 3.05) is 33.4 Å². The van der Waals surface area contributed by atoms with Gasteiger partial charge in [0.15, 0.2) is 5.96 Å². The third kappa shape index (κ3) is 8.99. The molecule has 8 heteroatoms. The van der Waals surface area contributed by atoms with Crippen LogP contribution in [-0.4, -0.2) is 59.0 Å². The fourth-order valence-corrected chi connectivity index (χ4v) is 3.06. The van der Waals surface area contributed by atoms with Crippen molar-refractivity contribution >= 4 is 29.9 Å². The molecule has 0 saturated carbocycles. The van der Waals surface area contributed by atoms with Gasteiger partial charge in [0.25, 0.3) is 0 Å². The Hall–Kier alpha value is -1.68. The number of benzene rings is 1. The Labute approximate surface area is 198 Å². The van der Waals surface area contributed by atoms with Gasteiger partial charge >= 0.3 is 0 Å². The standard InChI is InChI=1S/C22H36N6O.HI/c1-5-19-9-11-20(12-10-19)17-27(4)22(23-13-8-16-29-7-3)24-14-15-28-18-25-26-21(28)6-2;/h9-12,18H,5-8,13-17H2,1-4H3,(H,23,24);1H. The van der Waals surface area contributed by atoms with E-state index in [4.69, 9.17) is 9.73 Å². The number of aryl methyl sites for hydroxylation is 2. The van der Waals surface area contributed by atoms with E-state index in [0.717, 1.165) is 70.4 Å². The van der Waals surface area contributed by atoms with Gasteiger partial charge in [-0.1, -0.05) is 38.1 Å². The van der Waals surface area contributed by atoms with Crippen molar-refractivity contribution in [3.8, 4) is 0 Å². The summed E-state index contributed by atoms with van der Waals surface area (Å²) in [5.41, 5.74) is 2.64. The third-order valence-electron chi connectivity index (χ3n) is 4.77. The van der Waals surface area contributed by atoms with Crippen molar-refractivity contribution in [2.24, 2.45) is 4.99 Å². The summed E-state index contributed by atoms with van der Waals surface area (Å²) in [4.78, 5) is 6.97. The van der Waals surface area contributed by atoms with Gasteiger partial charge in [-0.05, 0) is 30.9 Å². The minimum absolute atomic E-state index is 0. The van der Waals surface area contributed by atoms with Gasteiger partial charge in [0.1, 0.15) is 12.2 Å². The third-order valence-corrected chi connectivity index (χ3v) is 4.77. The Morgan fingerprint density at radius 1 is 1.13 bits per heavy atom. The Balaban J connectivity index is 0.00000450. The SMILES string of the molecule is CCOCCCN=C(NCCn1cnnc1CC)N(C)Cc1ccc(CC)cc1.I. The van der Waals surface area contributed by atoms with E-state index in [1.807, 2.05) is 6.92 Å². The second-order valence-corrected chi connectivity index (χ2v) is 7.00. The molecule has 0 amide bonds. The first-order valence-electron chi connectivity index (χ1n) is 10.7. The molecule has 0 fully saturated rings. The van der Waals surface area contributed by atoms with Crippen LogP contribution in [0.3, 0.4) is 0 Å². The zero-order valence-corrected chi connectivity index (χ0v) is 21.1. The van der Waals surface area contributed by atoms with Crippen molar-refractivity contribution in [2.45, 2.75) is 53.1 Å². The number of hydrogen-bond acceptors (Lipinski definition) is 4. The molecule has 0 atom stereocenters. The quantitative estimate of drug-likeness (QED) is 0.198. The second kappa shape index (κ2) is 15.2. The highest BCUT2D eigenvalue weighted by Gasteiger charge is 2.08. The molecule has 1 aromatic carbocycles. The highest BCUT2D eigenvalue weighted by atomic mass is 127.